The van der Waals surface area contributed by atoms with E-state index in [1.54, 1.807) is 18.2 Å². The lowest BCUT2D eigenvalue weighted by atomic mass is 10.1. The summed E-state index contributed by atoms with van der Waals surface area (Å²) in [5.74, 6) is -1.14. The Bertz CT molecular complexity index is 476. The molecule has 1 saturated heterocycles. The molecule has 1 heterocycles. The number of benzene rings is 1. The van der Waals surface area contributed by atoms with Crippen LogP contribution in [0.15, 0.2) is 24.3 Å². The summed E-state index contributed by atoms with van der Waals surface area (Å²) < 4.78 is 13.4. The fraction of sp³-hybridized carbons (Fsp3) is 0.385. The van der Waals surface area contributed by atoms with Gasteiger partial charge in [0.15, 0.2) is 0 Å². The number of halogens is 1. The summed E-state index contributed by atoms with van der Waals surface area (Å²) in [5, 5.41) is 0. The summed E-state index contributed by atoms with van der Waals surface area (Å²) in [6.45, 7) is 0.515. The van der Waals surface area contributed by atoms with Gasteiger partial charge in [0.1, 0.15) is 11.9 Å². The molecule has 4 nitrogen and oxygen atoms in total. The van der Waals surface area contributed by atoms with Crippen LogP contribution in [0.4, 0.5) is 4.39 Å². The molecule has 0 bridgehead atoms. The van der Waals surface area contributed by atoms with Gasteiger partial charge in [-0.25, -0.2) is 4.39 Å². The third kappa shape index (κ3) is 2.50. The highest BCUT2D eigenvalue weighted by Crippen LogP contribution is 2.19. The highest BCUT2D eigenvalue weighted by atomic mass is 19.1. The van der Waals surface area contributed by atoms with Crippen molar-refractivity contribution >= 4 is 11.8 Å². The van der Waals surface area contributed by atoms with Crippen molar-refractivity contribution in [3.63, 3.8) is 0 Å². The van der Waals surface area contributed by atoms with Crippen molar-refractivity contribution in [3.8, 4) is 0 Å². The zero-order valence-corrected chi connectivity index (χ0v) is 9.93. The molecule has 1 aliphatic heterocycles. The van der Waals surface area contributed by atoms with Crippen LogP contribution < -0.4 is 5.73 Å². The summed E-state index contributed by atoms with van der Waals surface area (Å²) in [5.41, 5.74) is 5.59. The summed E-state index contributed by atoms with van der Waals surface area (Å²) >= 11 is 0. The largest absolute Gasteiger partial charge is 0.368 e. The zero-order chi connectivity index (χ0) is 13.1. The van der Waals surface area contributed by atoms with Crippen molar-refractivity contribution in [1.82, 2.24) is 4.90 Å². The van der Waals surface area contributed by atoms with E-state index in [4.69, 9.17) is 5.73 Å². The van der Waals surface area contributed by atoms with Gasteiger partial charge in [-0.15, -0.1) is 0 Å². The van der Waals surface area contributed by atoms with Gasteiger partial charge in [0, 0.05) is 6.54 Å². The first kappa shape index (κ1) is 12.5. The molecular weight excluding hydrogens is 235 g/mol. The third-order valence-electron chi connectivity index (χ3n) is 3.20. The lowest BCUT2D eigenvalue weighted by Crippen LogP contribution is -2.44. The third-order valence-corrected chi connectivity index (χ3v) is 3.20. The van der Waals surface area contributed by atoms with Crippen LogP contribution in [0.3, 0.4) is 0 Å². The number of carbonyl (C=O) groups is 2. The Hall–Kier alpha value is -1.91. The Morgan fingerprint density at radius 3 is 2.78 bits per heavy atom. The van der Waals surface area contributed by atoms with Crippen molar-refractivity contribution in [3.05, 3.63) is 35.6 Å². The van der Waals surface area contributed by atoms with E-state index in [0.29, 0.717) is 18.5 Å². The zero-order valence-electron chi connectivity index (χ0n) is 9.93. The lowest BCUT2D eigenvalue weighted by Gasteiger charge is -2.22. The maximum Gasteiger partial charge on any atom is 0.240 e. The topological polar surface area (TPSA) is 63.4 Å². The average molecular weight is 250 g/mol. The van der Waals surface area contributed by atoms with Gasteiger partial charge >= 0.3 is 0 Å². The second-order valence-electron chi connectivity index (χ2n) is 4.42. The molecule has 0 saturated carbocycles. The molecule has 1 unspecified atom stereocenters. The smallest absolute Gasteiger partial charge is 0.240 e. The first-order valence-electron chi connectivity index (χ1n) is 5.92. The molecule has 0 aliphatic carbocycles. The minimum Gasteiger partial charge on any atom is -0.368 e. The fourth-order valence-electron chi connectivity index (χ4n) is 2.27. The Morgan fingerprint density at radius 2 is 2.11 bits per heavy atom. The quantitative estimate of drug-likeness (QED) is 0.864. The summed E-state index contributed by atoms with van der Waals surface area (Å²) in [7, 11) is 0. The number of likely N-dealkylation sites (tertiary alicyclic amines) is 1. The van der Waals surface area contributed by atoms with E-state index in [9.17, 15) is 14.0 Å². The fourth-order valence-corrected chi connectivity index (χ4v) is 2.27. The molecule has 1 aliphatic rings. The van der Waals surface area contributed by atoms with E-state index in [2.05, 4.69) is 0 Å². The van der Waals surface area contributed by atoms with Gasteiger partial charge in [-0.1, -0.05) is 18.2 Å². The Balaban J connectivity index is 2.08. The molecule has 0 spiro atoms. The molecule has 2 rings (SSSR count). The number of primary amides is 1. The summed E-state index contributed by atoms with van der Waals surface area (Å²) in [6.07, 6.45) is 1.32. The number of nitrogens with two attached hydrogens (primary N) is 1. The average Bonchev–Trinajstić information content (AvgIpc) is 2.81. The maximum atomic E-state index is 13.4. The van der Waals surface area contributed by atoms with E-state index in [-0.39, 0.29) is 12.3 Å². The molecular formula is C13H15FN2O2. The lowest BCUT2D eigenvalue weighted by molar-refractivity contribution is -0.136. The normalized spacial score (nSPS) is 18.9. The second-order valence-corrected chi connectivity index (χ2v) is 4.42. The van der Waals surface area contributed by atoms with E-state index >= 15 is 0 Å². The minimum atomic E-state index is -0.538. The summed E-state index contributed by atoms with van der Waals surface area (Å²) in [4.78, 5) is 24.7. The van der Waals surface area contributed by atoms with Gasteiger partial charge < -0.3 is 10.6 Å². The van der Waals surface area contributed by atoms with Crippen LogP contribution in [0.5, 0.6) is 0 Å². The van der Waals surface area contributed by atoms with Crippen molar-refractivity contribution in [2.24, 2.45) is 5.73 Å². The second kappa shape index (κ2) is 5.16. The van der Waals surface area contributed by atoms with Crippen LogP contribution in [0.1, 0.15) is 18.4 Å². The Morgan fingerprint density at radius 1 is 1.39 bits per heavy atom. The van der Waals surface area contributed by atoms with Crippen molar-refractivity contribution in [2.75, 3.05) is 6.54 Å². The molecule has 0 aromatic heterocycles. The highest BCUT2D eigenvalue weighted by molar-refractivity contribution is 5.88. The molecule has 2 amide bonds. The van der Waals surface area contributed by atoms with Gasteiger partial charge in [0.25, 0.3) is 0 Å². The molecule has 96 valence electrons. The van der Waals surface area contributed by atoms with E-state index < -0.39 is 17.8 Å². The standard InChI is InChI=1S/C13H15FN2O2/c14-10-5-2-1-4-9(10)8-12(17)16-7-3-6-11(16)13(15)18/h1-2,4-5,11H,3,6-8H2,(H2,15,18). The molecule has 0 radical (unpaired) electrons. The van der Waals surface area contributed by atoms with Crippen LogP contribution in [0, 0.1) is 5.82 Å². The number of amides is 2. The minimum absolute atomic E-state index is 0.0313. The molecule has 1 aromatic rings. The Labute approximate surface area is 105 Å². The molecule has 18 heavy (non-hydrogen) atoms. The van der Waals surface area contributed by atoms with Crippen LogP contribution in [0.25, 0.3) is 0 Å². The van der Waals surface area contributed by atoms with Gasteiger partial charge in [-0.2, -0.15) is 0 Å². The van der Waals surface area contributed by atoms with Gasteiger partial charge in [-0.05, 0) is 24.5 Å². The maximum absolute atomic E-state index is 13.4. The number of nitrogens with zero attached hydrogens (tertiary/aromatic N) is 1. The van der Waals surface area contributed by atoms with E-state index in [1.165, 1.54) is 11.0 Å². The van der Waals surface area contributed by atoms with Gasteiger partial charge in [0.2, 0.25) is 11.8 Å². The predicted octanol–water partition coefficient (Wildman–Crippen LogP) is 0.844. The van der Waals surface area contributed by atoms with Gasteiger partial charge in [-0.3, -0.25) is 9.59 Å². The molecule has 1 fully saturated rings. The predicted molar refractivity (Wildman–Crippen MR) is 64.0 cm³/mol. The van der Waals surface area contributed by atoms with E-state index in [1.807, 2.05) is 0 Å². The van der Waals surface area contributed by atoms with Crippen molar-refractivity contribution in [1.29, 1.82) is 0 Å². The molecule has 1 aromatic carbocycles. The Kier molecular flexibility index (Phi) is 3.60. The van der Waals surface area contributed by atoms with Crippen molar-refractivity contribution in [2.45, 2.75) is 25.3 Å². The van der Waals surface area contributed by atoms with Crippen LogP contribution in [-0.4, -0.2) is 29.3 Å². The van der Waals surface area contributed by atoms with Crippen LogP contribution in [-0.2, 0) is 16.0 Å². The monoisotopic (exact) mass is 250 g/mol. The number of hydrogen-bond donors (Lipinski definition) is 1. The first-order chi connectivity index (χ1) is 8.59. The molecule has 1 atom stereocenters. The number of carbonyl (C=O) groups excluding carboxylic acids is 2. The van der Waals surface area contributed by atoms with E-state index in [0.717, 1.165) is 6.42 Å². The SMILES string of the molecule is NC(=O)C1CCCN1C(=O)Cc1ccccc1F. The van der Waals surface area contributed by atoms with Crippen molar-refractivity contribution < 1.29 is 14.0 Å². The van der Waals surface area contributed by atoms with Crippen LogP contribution in [0.2, 0.25) is 0 Å². The molecule has 2 N–H and O–H groups in total. The summed E-state index contributed by atoms with van der Waals surface area (Å²) in [6, 6.07) is 5.61. The number of hydrogen-bond acceptors (Lipinski definition) is 2. The highest BCUT2D eigenvalue weighted by Gasteiger charge is 2.32. The number of rotatable bonds is 3. The molecule has 5 heteroatoms. The first-order valence-corrected chi connectivity index (χ1v) is 5.92. The van der Waals surface area contributed by atoms with Gasteiger partial charge in [0.05, 0.1) is 6.42 Å². The van der Waals surface area contributed by atoms with Crippen LogP contribution >= 0.6 is 0 Å².